The van der Waals surface area contributed by atoms with Gasteiger partial charge in [0.25, 0.3) is 5.91 Å². The Morgan fingerprint density at radius 2 is 1.67 bits per heavy atom. The molecule has 2 heterocycles. The van der Waals surface area contributed by atoms with Crippen LogP contribution < -0.4 is 10.3 Å². The van der Waals surface area contributed by atoms with Crippen LogP contribution in [0.25, 0.3) is 5.57 Å². The Labute approximate surface area is 177 Å². The van der Waals surface area contributed by atoms with E-state index in [0.29, 0.717) is 0 Å². The van der Waals surface area contributed by atoms with Crippen LogP contribution >= 0.6 is 0 Å². The molecule has 3 aromatic carbocycles. The summed E-state index contributed by atoms with van der Waals surface area (Å²) in [6, 6.07) is 26.6. The van der Waals surface area contributed by atoms with Gasteiger partial charge in [-0.3, -0.25) is 10.2 Å². The SMILES string of the molecule is C=C(C)c1ccc([C@H]2N(Nc3ccccc3)C(=O)C3CCc4ccccc4N32)cc1. The van der Waals surface area contributed by atoms with Crippen LogP contribution in [0.2, 0.25) is 0 Å². The Bertz CT molecular complexity index is 1090. The lowest BCUT2D eigenvalue weighted by molar-refractivity contribution is -0.128. The first-order chi connectivity index (χ1) is 14.6. The van der Waals surface area contributed by atoms with Gasteiger partial charge in [0.2, 0.25) is 0 Å². The number of anilines is 2. The monoisotopic (exact) mass is 395 g/mol. The van der Waals surface area contributed by atoms with Crippen LogP contribution in [0.15, 0.2) is 85.4 Å². The highest BCUT2D eigenvalue weighted by molar-refractivity contribution is 5.92. The Morgan fingerprint density at radius 3 is 2.40 bits per heavy atom. The van der Waals surface area contributed by atoms with Gasteiger partial charge in [-0.1, -0.05) is 72.8 Å². The van der Waals surface area contributed by atoms with E-state index in [1.54, 1.807) is 5.01 Å². The fourth-order valence-corrected chi connectivity index (χ4v) is 4.54. The summed E-state index contributed by atoms with van der Waals surface area (Å²) in [5.74, 6) is 0.113. The summed E-state index contributed by atoms with van der Waals surface area (Å²) in [5, 5.41) is 1.80. The molecule has 2 atom stereocenters. The number of fused-ring (bicyclic) bond motifs is 3. The van der Waals surface area contributed by atoms with E-state index in [4.69, 9.17) is 0 Å². The number of hydrogen-bond donors (Lipinski definition) is 1. The number of hydrogen-bond acceptors (Lipinski definition) is 3. The molecule has 1 N–H and O–H groups in total. The maximum Gasteiger partial charge on any atom is 0.265 e. The smallest absolute Gasteiger partial charge is 0.265 e. The second kappa shape index (κ2) is 7.38. The van der Waals surface area contributed by atoms with Gasteiger partial charge >= 0.3 is 0 Å². The predicted molar refractivity (Wildman–Crippen MR) is 122 cm³/mol. The molecule has 3 aromatic rings. The van der Waals surface area contributed by atoms with Crippen LogP contribution in [0.5, 0.6) is 0 Å². The van der Waals surface area contributed by atoms with Crippen LogP contribution in [0, 0.1) is 0 Å². The fourth-order valence-electron chi connectivity index (χ4n) is 4.54. The first kappa shape index (κ1) is 18.5. The van der Waals surface area contributed by atoms with Crippen molar-refractivity contribution in [3.05, 3.63) is 102 Å². The third kappa shape index (κ3) is 3.05. The van der Waals surface area contributed by atoms with Crippen molar-refractivity contribution in [3.63, 3.8) is 0 Å². The van der Waals surface area contributed by atoms with Gasteiger partial charge in [0.15, 0.2) is 6.17 Å². The Balaban J connectivity index is 1.61. The molecule has 2 aliphatic rings. The molecule has 30 heavy (non-hydrogen) atoms. The molecule has 4 heteroatoms. The molecule has 150 valence electrons. The van der Waals surface area contributed by atoms with Crippen LogP contribution in [-0.2, 0) is 11.2 Å². The maximum atomic E-state index is 13.5. The number of rotatable bonds is 4. The number of nitrogens with zero attached hydrogens (tertiary/aromatic N) is 2. The number of aryl methyl sites for hydroxylation is 1. The van der Waals surface area contributed by atoms with E-state index in [1.165, 1.54) is 5.56 Å². The van der Waals surface area contributed by atoms with E-state index in [1.807, 2.05) is 37.3 Å². The lowest BCUT2D eigenvalue weighted by Gasteiger charge is -2.37. The van der Waals surface area contributed by atoms with E-state index in [0.717, 1.165) is 40.9 Å². The topological polar surface area (TPSA) is 35.6 Å². The second-order valence-electron chi connectivity index (χ2n) is 8.05. The lowest BCUT2D eigenvalue weighted by atomic mass is 9.95. The quantitative estimate of drug-likeness (QED) is 0.642. The van der Waals surface area contributed by atoms with Crippen molar-refractivity contribution < 1.29 is 4.79 Å². The summed E-state index contributed by atoms with van der Waals surface area (Å²) < 4.78 is 0. The average Bonchev–Trinajstić information content (AvgIpc) is 3.06. The van der Waals surface area contributed by atoms with Crippen LogP contribution in [0.4, 0.5) is 11.4 Å². The number of nitrogens with one attached hydrogen (secondary N) is 1. The number of carbonyl (C=O) groups is 1. The minimum absolute atomic E-state index is 0.113. The molecule has 4 nitrogen and oxygen atoms in total. The molecular weight excluding hydrogens is 370 g/mol. The van der Waals surface area contributed by atoms with Crippen molar-refractivity contribution in [2.24, 2.45) is 0 Å². The highest BCUT2D eigenvalue weighted by Crippen LogP contribution is 2.44. The molecule has 1 amide bonds. The second-order valence-corrected chi connectivity index (χ2v) is 8.05. The van der Waals surface area contributed by atoms with Crippen molar-refractivity contribution in [2.45, 2.75) is 32.0 Å². The Morgan fingerprint density at radius 1 is 0.967 bits per heavy atom. The number of allylic oxidation sites excluding steroid dienone is 1. The maximum absolute atomic E-state index is 13.5. The third-order valence-electron chi connectivity index (χ3n) is 6.05. The normalized spacial score (nSPS) is 20.0. The number of hydrazine groups is 1. The van der Waals surface area contributed by atoms with Gasteiger partial charge in [-0.25, -0.2) is 5.01 Å². The standard InChI is InChI=1S/C26H25N3O/c1-18(2)19-12-14-21(15-13-19)25-28-23-11-7-6-8-20(23)16-17-24(28)26(30)29(25)27-22-9-4-3-5-10-22/h3-15,24-25,27H,1,16-17H2,2H3/t24?,25-/m1/s1. The van der Waals surface area contributed by atoms with Crippen molar-refractivity contribution in [1.29, 1.82) is 0 Å². The average molecular weight is 396 g/mol. The van der Waals surface area contributed by atoms with Gasteiger partial charge in [-0.15, -0.1) is 0 Å². The van der Waals surface area contributed by atoms with Crippen molar-refractivity contribution in [1.82, 2.24) is 5.01 Å². The summed E-state index contributed by atoms with van der Waals surface area (Å²) in [6.07, 6.45) is 1.52. The molecule has 5 rings (SSSR count). The highest BCUT2D eigenvalue weighted by atomic mass is 16.2. The highest BCUT2D eigenvalue weighted by Gasteiger charge is 2.49. The lowest BCUT2D eigenvalue weighted by Crippen LogP contribution is -2.38. The Hall–Kier alpha value is -3.53. The zero-order valence-corrected chi connectivity index (χ0v) is 17.1. The van der Waals surface area contributed by atoms with Crippen molar-refractivity contribution in [3.8, 4) is 0 Å². The minimum atomic E-state index is -0.219. The molecule has 0 bridgehead atoms. The van der Waals surface area contributed by atoms with E-state index in [-0.39, 0.29) is 18.1 Å². The largest absolute Gasteiger partial charge is 0.333 e. The number of benzene rings is 3. The summed E-state index contributed by atoms with van der Waals surface area (Å²) in [5.41, 5.74) is 9.96. The molecule has 1 unspecified atom stereocenters. The molecule has 0 saturated carbocycles. The fraction of sp³-hybridized carbons (Fsp3) is 0.192. The summed E-state index contributed by atoms with van der Waals surface area (Å²) in [7, 11) is 0. The van der Waals surface area contributed by atoms with E-state index >= 15 is 0 Å². The molecule has 0 spiro atoms. The van der Waals surface area contributed by atoms with Gasteiger partial charge in [-0.05, 0) is 54.7 Å². The van der Waals surface area contributed by atoms with E-state index in [9.17, 15) is 4.79 Å². The number of amides is 1. The van der Waals surface area contributed by atoms with Crippen molar-refractivity contribution >= 4 is 22.9 Å². The molecule has 2 aliphatic heterocycles. The zero-order chi connectivity index (χ0) is 20.7. The third-order valence-corrected chi connectivity index (χ3v) is 6.05. The first-order valence-corrected chi connectivity index (χ1v) is 10.4. The van der Waals surface area contributed by atoms with E-state index in [2.05, 4.69) is 65.4 Å². The molecule has 0 aromatic heterocycles. The van der Waals surface area contributed by atoms with Crippen LogP contribution in [0.3, 0.4) is 0 Å². The van der Waals surface area contributed by atoms with E-state index < -0.39 is 0 Å². The summed E-state index contributed by atoms with van der Waals surface area (Å²) in [4.78, 5) is 15.8. The molecule has 0 radical (unpaired) electrons. The minimum Gasteiger partial charge on any atom is -0.333 e. The van der Waals surface area contributed by atoms with Gasteiger partial charge in [-0.2, -0.15) is 0 Å². The molecular formula is C26H25N3O. The number of carbonyl (C=O) groups excluding carboxylic acids is 1. The van der Waals surface area contributed by atoms with Gasteiger partial charge in [0.1, 0.15) is 6.04 Å². The summed E-state index contributed by atoms with van der Waals surface area (Å²) >= 11 is 0. The van der Waals surface area contributed by atoms with Gasteiger partial charge in [0, 0.05) is 5.69 Å². The molecule has 1 fully saturated rings. The summed E-state index contributed by atoms with van der Waals surface area (Å²) in [6.45, 7) is 6.05. The Kier molecular flexibility index (Phi) is 4.55. The van der Waals surface area contributed by atoms with Gasteiger partial charge < -0.3 is 4.90 Å². The first-order valence-electron chi connectivity index (χ1n) is 10.4. The van der Waals surface area contributed by atoms with Crippen molar-refractivity contribution in [2.75, 3.05) is 10.3 Å². The molecule has 0 aliphatic carbocycles. The van der Waals surface area contributed by atoms with Crippen LogP contribution in [-0.4, -0.2) is 17.0 Å². The zero-order valence-electron chi connectivity index (χ0n) is 17.1. The van der Waals surface area contributed by atoms with Crippen LogP contribution in [0.1, 0.15) is 36.2 Å². The number of para-hydroxylation sites is 2. The van der Waals surface area contributed by atoms with Gasteiger partial charge in [0.05, 0.1) is 5.69 Å². The molecule has 1 saturated heterocycles. The predicted octanol–water partition coefficient (Wildman–Crippen LogP) is 5.41.